The van der Waals surface area contributed by atoms with Crippen LogP contribution >= 0.6 is 27.5 Å². The molecule has 26 heavy (non-hydrogen) atoms. The summed E-state index contributed by atoms with van der Waals surface area (Å²) in [6, 6.07) is 11.2. The van der Waals surface area contributed by atoms with Crippen molar-refractivity contribution in [2.24, 2.45) is 0 Å². The molecule has 0 aliphatic heterocycles. The van der Waals surface area contributed by atoms with Crippen LogP contribution in [0.1, 0.15) is 5.69 Å². The monoisotopic (exact) mass is 453 g/mol. The van der Waals surface area contributed by atoms with Crippen molar-refractivity contribution in [2.45, 2.75) is 11.8 Å². The van der Waals surface area contributed by atoms with E-state index in [1.165, 1.54) is 24.4 Å². The zero-order chi connectivity index (χ0) is 18.7. The van der Waals surface area contributed by atoms with Gasteiger partial charge in [0.05, 0.1) is 15.6 Å². The third kappa shape index (κ3) is 4.32. The molecule has 0 aliphatic carbocycles. The lowest BCUT2D eigenvalue weighted by Gasteiger charge is -2.13. The Balaban J connectivity index is 1.97. The molecule has 3 aromatic rings. The van der Waals surface area contributed by atoms with Crippen molar-refractivity contribution in [3.8, 4) is 11.6 Å². The minimum atomic E-state index is -3.85. The van der Waals surface area contributed by atoms with Crippen LogP contribution in [0.4, 0.5) is 5.69 Å². The van der Waals surface area contributed by atoms with Crippen molar-refractivity contribution < 1.29 is 13.2 Å². The molecule has 0 unspecified atom stereocenters. The Hall–Kier alpha value is -2.16. The Labute approximate surface area is 164 Å². The molecule has 1 N–H and O–H groups in total. The van der Waals surface area contributed by atoms with Gasteiger partial charge in [0.25, 0.3) is 10.0 Å². The molecule has 0 amide bonds. The average molecular weight is 455 g/mol. The van der Waals surface area contributed by atoms with Crippen LogP contribution in [-0.2, 0) is 10.0 Å². The maximum atomic E-state index is 12.7. The molecular formula is C17H13BrClN3O3S. The fourth-order valence-corrected chi connectivity index (χ4v) is 3.90. The van der Waals surface area contributed by atoms with Crippen LogP contribution in [0.15, 0.2) is 64.2 Å². The molecule has 2 aromatic heterocycles. The number of benzene rings is 1. The van der Waals surface area contributed by atoms with Crippen molar-refractivity contribution in [3.05, 3.63) is 70.0 Å². The lowest BCUT2D eigenvalue weighted by molar-refractivity contribution is 0.459. The molecule has 0 bridgehead atoms. The van der Waals surface area contributed by atoms with E-state index in [4.69, 9.17) is 16.3 Å². The maximum Gasteiger partial charge on any atom is 0.262 e. The summed E-state index contributed by atoms with van der Waals surface area (Å²) in [4.78, 5) is 8.32. The summed E-state index contributed by atoms with van der Waals surface area (Å²) in [5.74, 6) is 0.536. The number of aromatic nitrogens is 2. The van der Waals surface area contributed by atoms with E-state index in [0.717, 1.165) is 0 Å². The van der Waals surface area contributed by atoms with Crippen LogP contribution in [0.3, 0.4) is 0 Å². The maximum absolute atomic E-state index is 12.7. The van der Waals surface area contributed by atoms with E-state index in [0.29, 0.717) is 15.9 Å². The topological polar surface area (TPSA) is 81.2 Å². The Kier molecular flexibility index (Phi) is 5.45. The number of anilines is 1. The normalized spacial score (nSPS) is 11.2. The standard InChI is InChI=1S/C17H13BrClN3O3S/c1-11-16(6-3-7-20-11)25-17-15(9-13(19)10-21-17)22-26(23,24)14-5-2-4-12(18)8-14/h2-10,22H,1H3. The van der Waals surface area contributed by atoms with Gasteiger partial charge in [0, 0.05) is 16.9 Å². The largest absolute Gasteiger partial charge is 0.435 e. The van der Waals surface area contributed by atoms with Crippen LogP contribution in [0, 0.1) is 6.92 Å². The van der Waals surface area contributed by atoms with E-state index in [9.17, 15) is 8.42 Å². The van der Waals surface area contributed by atoms with E-state index in [1.807, 2.05) is 0 Å². The Morgan fingerprint density at radius 1 is 1.15 bits per heavy atom. The van der Waals surface area contributed by atoms with Gasteiger partial charge in [-0.2, -0.15) is 0 Å². The van der Waals surface area contributed by atoms with Gasteiger partial charge in [0.2, 0.25) is 5.88 Å². The smallest absolute Gasteiger partial charge is 0.262 e. The molecule has 0 fully saturated rings. The SMILES string of the molecule is Cc1ncccc1Oc1ncc(Cl)cc1NS(=O)(=O)c1cccc(Br)c1. The Morgan fingerprint density at radius 2 is 1.96 bits per heavy atom. The van der Waals surface area contributed by atoms with Gasteiger partial charge >= 0.3 is 0 Å². The summed E-state index contributed by atoms with van der Waals surface area (Å²) in [5.41, 5.74) is 0.769. The van der Waals surface area contributed by atoms with Crippen LogP contribution in [0.25, 0.3) is 0 Å². The van der Waals surface area contributed by atoms with E-state index < -0.39 is 10.0 Å². The first kappa shape index (κ1) is 18.6. The van der Waals surface area contributed by atoms with Crippen LogP contribution < -0.4 is 9.46 Å². The van der Waals surface area contributed by atoms with Gasteiger partial charge in [-0.3, -0.25) is 9.71 Å². The number of nitrogens with one attached hydrogen (secondary N) is 1. The van der Waals surface area contributed by atoms with Crippen molar-refractivity contribution in [1.82, 2.24) is 9.97 Å². The second kappa shape index (κ2) is 7.61. The summed E-state index contributed by atoms with van der Waals surface area (Å²) in [7, 11) is -3.85. The second-order valence-corrected chi connectivity index (χ2v) is 8.29. The van der Waals surface area contributed by atoms with Crippen molar-refractivity contribution in [1.29, 1.82) is 0 Å². The Bertz CT molecular complexity index is 1060. The summed E-state index contributed by atoms with van der Waals surface area (Å²) >= 11 is 9.24. The number of sulfonamides is 1. The fourth-order valence-electron chi connectivity index (χ4n) is 2.10. The van der Waals surface area contributed by atoms with Crippen molar-refractivity contribution >= 4 is 43.2 Å². The molecule has 0 saturated heterocycles. The lowest BCUT2D eigenvalue weighted by Crippen LogP contribution is -2.14. The first-order valence-corrected chi connectivity index (χ1v) is 10.0. The summed E-state index contributed by atoms with van der Waals surface area (Å²) in [5, 5.41) is 0.271. The number of ether oxygens (including phenoxy) is 1. The molecule has 1 aromatic carbocycles. The molecule has 2 heterocycles. The number of pyridine rings is 2. The van der Waals surface area contributed by atoms with E-state index in [2.05, 4.69) is 30.6 Å². The van der Waals surface area contributed by atoms with Gasteiger partial charge < -0.3 is 4.74 Å². The third-order valence-corrected chi connectivity index (χ3v) is 5.40. The quantitative estimate of drug-likeness (QED) is 0.599. The van der Waals surface area contributed by atoms with Gasteiger partial charge in [-0.1, -0.05) is 33.6 Å². The summed E-state index contributed by atoms with van der Waals surface area (Å²) in [6.07, 6.45) is 3.01. The zero-order valence-electron chi connectivity index (χ0n) is 13.5. The lowest BCUT2D eigenvalue weighted by atomic mass is 10.3. The van der Waals surface area contributed by atoms with Crippen molar-refractivity contribution in [2.75, 3.05) is 4.72 Å². The first-order chi connectivity index (χ1) is 12.3. The second-order valence-electron chi connectivity index (χ2n) is 5.26. The van der Waals surface area contributed by atoms with Crippen LogP contribution in [0.5, 0.6) is 11.6 Å². The summed E-state index contributed by atoms with van der Waals surface area (Å²) < 4.78 is 34.2. The number of aryl methyl sites for hydroxylation is 1. The number of hydrogen-bond acceptors (Lipinski definition) is 5. The van der Waals surface area contributed by atoms with Gasteiger partial charge in [-0.25, -0.2) is 13.4 Å². The molecule has 6 nitrogen and oxygen atoms in total. The number of rotatable bonds is 5. The van der Waals surface area contributed by atoms with Gasteiger partial charge in [-0.05, 0) is 43.3 Å². The molecule has 0 aliphatic rings. The van der Waals surface area contributed by atoms with Gasteiger partial charge in [0.1, 0.15) is 5.69 Å². The number of hydrogen-bond donors (Lipinski definition) is 1. The van der Waals surface area contributed by atoms with Gasteiger partial charge in [0.15, 0.2) is 5.75 Å². The highest BCUT2D eigenvalue weighted by Crippen LogP contribution is 2.32. The van der Waals surface area contributed by atoms with E-state index in [1.54, 1.807) is 37.4 Å². The minimum Gasteiger partial charge on any atom is -0.435 e. The molecule has 9 heteroatoms. The zero-order valence-corrected chi connectivity index (χ0v) is 16.6. The number of halogens is 2. The van der Waals surface area contributed by atoms with Crippen LogP contribution in [-0.4, -0.2) is 18.4 Å². The predicted octanol–water partition coefficient (Wildman–Crippen LogP) is 4.79. The first-order valence-electron chi connectivity index (χ1n) is 7.38. The predicted molar refractivity (Wildman–Crippen MR) is 103 cm³/mol. The number of nitrogens with zero attached hydrogens (tertiary/aromatic N) is 2. The highest BCUT2D eigenvalue weighted by atomic mass is 79.9. The van der Waals surface area contributed by atoms with Gasteiger partial charge in [-0.15, -0.1) is 0 Å². The highest BCUT2D eigenvalue weighted by Gasteiger charge is 2.19. The minimum absolute atomic E-state index is 0.0732. The highest BCUT2D eigenvalue weighted by molar-refractivity contribution is 9.10. The Morgan fingerprint density at radius 3 is 2.69 bits per heavy atom. The molecule has 0 radical (unpaired) electrons. The van der Waals surface area contributed by atoms with Crippen LogP contribution in [0.2, 0.25) is 5.02 Å². The average Bonchev–Trinajstić information content (AvgIpc) is 2.59. The molecule has 3 rings (SSSR count). The molecule has 0 spiro atoms. The fraction of sp³-hybridized carbons (Fsp3) is 0.0588. The summed E-state index contributed by atoms with van der Waals surface area (Å²) in [6.45, 7) is 1.77. The molecule has 0 atom stereocenters. The van der Waals surface area contributed by atoms with Crippen molar-refractivity contribution in [3.63, 3.8) is 0 Å². The molecule has 0 saturated carbocycles. The third-order valence-electron chi connectivity index (χ3n) is 3.33. The van der Waals surface area contributed by atoms with E-state index >= 15 is 0 Å². The van der Waals surface area contributed by atoms with E-state index in [-0.39, 0.29) is 21.5 Å². The molecular weight excluding hydrogens is 442 g/mol. The molecule has 134 valence electrons.